The fraction of sp³-hybridized carbons (Fsp3) is 0.400. The van der Waals surface area contributed by atoms with Crippen molar-refractivity contribution in [3.63, 3.8) is 0 Å². The molecule has 0 spiro atoms. The number of hydrogen-bond donors (Lipinski definition) is 1. The van der Waals surface area contributed by atoms with Crippen molar-refractivity contribution in [2.75, 3.05) is 18.4 Å². The number of ether oxygens (including phenoxy) is 1. The summed E-state index contributed by atoms with van der Waals surface area (Å²) in [5.74, 6) is 0.0199. The summed E-state index contributed by atoms with van der Waals surface area (Å²) in [5.41, 5.74) is 5.91. The largest absolute Gasteiger partial charge is 0.372 e. The van der Waals surface area contributed by atoms with Crippen LogP contribution in [0.1, 0.15) is 76.7 Å². The molecule has 6 rings (SSSR count). The van der Waals surface area contributed by atoms with Gasteiger partial charge in [-0.05, 0) is 85.9 Å². The SMILES string of the molecule is Cc1c(Nc2ccc3c(c2)COC3)c(C(=O)N2CCC(c3ccc(F)cc3)CC2)cn(C2CCC2)c1=O. The van der Waals surface area contributed by atoms with E-state index in [0.29, 0.717) is 49.0 Å². The second-order valence-corrected chi connectivity index (χ2v) is 10.6. The number of nitrogens with zero attached hydrogens (tertiary/aromatic N) is 2. The van der Waals surface area contributed by atoms with Crippen molar-refractivity contribution in [2.24, 2.45) is 0 Å². The van der Waals surface area contributed by atoms with Crippen molar-refractivity contribution in [3.05, 3.63) is 92.6 Å². The zero-order chi connectivity index (χ0) is 25.5. The molecule has 192 valence electrons. The van der Waals surface area contributed by atoms with E-state index in [0.717, 1.165) is 48.9 Å². The molecule has 1 saturated carbocycles. The third-order valence-electron chi connectivity index (χ3n) is 8.28. The van der Waals surface area contributed by atoms with Crippen LogP contribution in [-0.2, 0) is 18.0 Å². The van der Waals surface area contributed by atoms with Crippen LogP contribution >= 0.6 is 0 Å². The standard InChI is InChI=1S/C30H32FN3O3/c1-19-28(32-25-10-7-22-17-37-18-23(22)15-25)27(16-34(29(19)35)26-3-2-4-26)30(36)33-13-11-21(12-14-33)20-5-8-24(31)9-6-20/h5-10,15-16,21,26,32H,2-4,11-14,17-18H2,1H3. The lowest BCUT2D eigenvalue weighted by Gasteiger charge is -2.34. The van der Waals surface area contributed by atoms with Crippen LogP contribution in [0, 0.1) is 12.7 Å². The molecule has 1 amide bonds. The van der Waals surface area contributed by atoms with Crippen LogP contribution in [0.15, 0.2) is 53.5 Å². The van der Waals surface area contributed by atoms with Gasteiger partial charge in [-0.2, -0.15) is 0 Å². The van der Waals surface area contributed by atoms with Crippen molar-refractivity contribution in [1.82, 2.24) is 9.47 Å². The average Bonchev–Trinajstić information content (AvgIpc) is 3.35. The number of benzene rings is 2. The van der Waals surface area contributed by atoms with Crippen LogP contribution in [-0.4, -0.2) is 28.5 Å². The number of fused-ring (bicyclic) bond motifs is 1. The molecule has 2 aliphatic heterocycles. The predicted octanol–water partition coefficient (Wildman–Crippen LogP) is 5.81. The lowest BCUT2D eigenvalue weighted by atomic mass is 9.89. The van der Waals surface area contributed by atoms with Gasteiger partial charge in [0.05, 0.1) is 24.5 Å². The van der Waals surface area contributed by atoms with E-state index in [4.69, 9.17) is 4.74 Å². The number of piperidine rings is 1. The lowest BCUT2D eigenvalue weighted by molar-refractivity contribution is 0.0712. The van der Waals surface area contributed by atoms with E-state index in [2.05, 4.69) is 5.32 Å². The Morgan fingerprint density at radius 2 is 1.73 bits per heavy atom. The lowest BCUT2D eigenvalue weighted by Crippen LogP contribution is -2.39. The maximum absolute atomic E-state index is 13.9. The number of halogens is 1. The average molecular weight is 502 g/mol. The molecule has 0 bridgehead atoms. The summed E-state index contributed by atoms with van der Waals surface area (Å²) in [5, 5.41) is 3.42. The smallest absolute Gasteiger partial charge is 0.257 e. The van der Waals surface area contributed by atoms with Crippen LogP contribution in [0.2, 0.25) is 0 Å². The summed E-state index contributed by atoms with van der Waals surface area (Å²) in [6, 6.07) is 12.9. The first-order valence-electron chi connectivity index (χ1n) is 13.2. The van der Waals surface area contributed by atoms with Crippen molar-refractivity contribution >= 4 is 17.3 Å². The molecule has 0 unspecified atom stereocenters. The fourth-order valence-electron chi connectivity index (χ4n) is 5.74. The zero-order valence-electron chi connectivity index (χ0n) is 21.1. The number of aromatic nitrogens is 1. The fourth-order valence-corrected chi connectivity index (χ4v) is 5.74. The van der Waals surface area contributed by atoms with Crippen LogP contribution in [0.25, 0.3) is 0 Å². The Hall–Kier alpha value is -3.45. The molecule has 6 nitrogen and oxygen atoms in total. The Kier molecular flexibility index (Phi) is 6.32. The van der Waals surface area contributed by atoms with E-state index in [1.54, 1.807) is 10.8 Å². The van der Waals surface area contributed by atoms with Gasteiger partial charge < -0.3 is 19.5 Å². The number of likely N-dealkylation sites (tertiary alicyclic amines) is 1. The molecule has 1 saturated heterocycles. The maximum atomic E-state index is 13.9. The Morgan fingerprint density at radius 3 is 2.43 bits per heavy atom. The number of carbonyl (C=O) groups is 1. The summed E-state index contributed by atoms with van der Waals surface area (Å²) in [4.78, 5) is 29.2. The molecule has 2 fully saturated rings. The highest BCUT2D eigenvalue weighted by molar-refractivity contribution is 6.00. The molecule has 1 aromatic heterocycles. The van der Waals surface area contributed by atoms with Gasteiger partial charge in [0.25, 0.3) is 11.5 Å². The predicted molar refractivity (Wildman–Crippen MR) is 141 cm³/mol. The first-order chi connectivity index (χ1) is 18.0. The summed E-state index contributed by atoms with van der Waals surface area (Å²) >= 11 is 0. The minimum absolute atomic E-state index is 0.0386. The molecule has 3 aromatic rings. The highest BCUT2D eigenvalue weighted by Crippen LogP contribution is 2.35. The minimum atomic E-state index is -0.232. The normalized spacial score (nSPS) is 17.9. The van der Waals surface area contributed by atoms with Gasteiger partial charge in [-0.15, -0.1) is 0 Å². The summed E-state index contributed by atoms with van der Waals surface area (Å²) in [6.45, 7) is 4.25. The monoisotopic (exact) mass is 501 g/mol. The van der Waals surface area contributed by atoms with E-state index in [9.17, 15) is 14.0 Å². The van der Waals surface area contributed by atoms with E-state index in [-0.39, 0.29) is 23.3 Å². The van der Waals surface area contributed by atoms with Crippen molar-refractivity contribution < 1.29 is 13.9 Å². The molecule has 3 aliphatic rings. The third kappa shape index (κ3) is 4.57. The molecule has 0 radical (unpaired) electrons. The highest BCUT2D eigenvalue weighted by Gasteiger charge is 2.30. The summed E-state index contributed by atoms with van der Waals surface area (Å²) < 4.78 is 20.7. The number of hydrogen-bond acceptors (Lipinski definition) is 4. The topological polar surface area (TPSA) is 63.6 Å². The van der Waals surface area contributed by atoms with Crippen LogP contribution in [0.3, 0.4) is 0 Å². The Balaban J connectivity index is 1.29. The first-order valence-corrected chi connectivity index (χ1v) is 13.2. The number of rotatable bonds is 5. The van der Waals surface area contributed by atoms with Gasteiger partial charge in [-0.1, -0.05) is 18.2 Å². The Bertz CT molecular complexity index is 1390. The van der Waals surface area contributed by atoms with E-state index < -0.39 is 0 Å². The number of anilines is 2. The number of nitrogens with one attached hydrogen (secondary N) is 1. The Morgan fingerprint density at radius 1 is 1.00 bits per heavy atom. The van der Waals surface area contributed by atoms with Crippen molar-refractivity contribution in [1.29, 1.82) is 0 Å². The van der Waals surface area contributed by atoms with Gasteiger partial charge in [0, 0.05) is 36.6 Å². The quantitative estimate of drug-likeness (QED) is 0.479. The Labute approximate surface area is 216 Å². The molecular formula is C30H32FN3O3. The second-order valence-electron chi connectivity index (χ2n) is 10.6. The second kappa shape index (κ2) is 9.78. The van der Waals surface area contributed by atoms with E-state index in [1.807, 2.05) is 42.2 Å². The van der Waals surface area contributed by atoms with Crippen molar-refractivity contribution in [3.8, 4) is 0 Å². The number of pyridine rings is 1. The number of carbonyl (C=O) groups excluding carboxylic acids is 1. The van der Waals surface area contributed by atoms with Crippen molar-refractivity contribution in [2.45, 2.75) is 64.2 Å². The summed E-state index contributed by atoms with van der Waals surface area (Å²) in [7, 11) is 0. The van der Waals surface area contributed by atoms with E-state index >= 15 is 0 Å². The third-order valence-corrected chi connectivity index (χ3v) is 8.28. The van der Waals surface area contributed by atoms with Gasteiger partial charge in [0.2, 0.25) is 0 Å². The van der Waals surface area contributed by atoms with Gasteiger partial charge >= 0.3 is 0 Å². The molecule has 1 N–H and O–H groups in total. The van der Waals surface area contributed by atoms with Gasteiger partial charge in [-0.25, -0.2) is 4.39 Å². The first kappa shape index (κ1) is 23.9. The molecule has 7 heteroatoms. The highest BCUT2D eigenvalue weighted by atomic mass is 19.1. The molecule has 37 heavy (non-hydrogen) atoms. The molecule has 3 heterocycles. The van der Waals surface area contributed by atoms with E-state index in [1.165, 1.54) is 17.7 Å². The van der Waals surface area contributed by atoms with Crippen LogP contribution in [0.4, 0.5) is 15.8 Å². The zero-order valence-corrected chi connectivity index (χ0v) is 21.1. The molecule has 1 aliphatic carbocycles. The van der Waals surface area contributed by atoms with Gasteiger partial charge in [0.15, 0.2) is 0 Å². The van der Waals surface area contributed by atoms with Crippen LogP contribution in [0.5, 0.6) is 0 Å². The van der Waals surface area contributed by atoms with Gasteiger partial charge in [-0.3, -0.25) is 9.59 Å². The van der Waals surface area contributed by atoms with Gasteiger partial charge in [0.1, 0.15) is 5.82 Å². The molecule has 0 atom stereocenters. The molecule has 2 aromatic carbocycles. The number of amides is 1. The molecular weight excluding hydrogens is 469 g/mol. The minimum Gasteiger partial charge on any atom is -0.372 e. The summed E-state index contributed by atoms with van der Waals surface area (Å²) in [6.07, 6.45) is 6.47. The van der Waals surface area contributed by atoms with Crippen LogP contribution < -0.4 is 10.9 Å². The maximum Gasteiger partial charge on any atom is 0.257 e.